The van der Waals surface area contributed by atoms with E-state index in [1.54, 1.807) is 4.52 Å². The van der Waals surface area contributed by atoms with Crippen LogP contribution in [-0.4, -0.2) is 20.5 Å². The third kappa shape index (κ3) is 4.03. The first-order valence-electron chi connectivity index (χ1n) is 9.40. The zero-order chi connectivity index (χ0) is 20.5. The lowest BCUT2D eigenvalue weighted by atomic mass is 10.1. The minimum atomic E-state index is -0.174. The first kappa shape index (κ1) is 19.2. The molecule has 0 spiro atoms. The molecule has 0 aliphatic rings. The van der Waals surface area contributed by atoms with Gasteiger partial charge in [-0.2, -0.15) is 5.10 Å². The van der Waals surface area contributed by atoms with Gasteiger partial charge in [-0.1, -0.05) is 47.2 Å². The lowest BCUT2D eigenvalue weighted by Crippen LogP contribution is -2.12. The maximum atomic E-state index is 12.9. The summed E-state index contributed by atoms with van der Waals surface area (Å²) in [6.07, 6.45) is 0. The fraction of sp³-hybridized carbons (Fsp3) is 0.174. The van der Waals surface area contributed by atoms with Crippen molar-refractivity contribution in [2.45, 2.75) is 37.6 Å². The summed E-state index contributed by atoms with van der Waals surface area (Å²) in [5.74, 6) is -0.174. The van der Waals surface area contributed by atoms with E-state index in [9.17, 15) is 4.79 Å². The van der Waals surface area contributed by atoms with Crippen molar-refractivity contribution in [3.8, 4) is 0 Å². The molecule has 0 unspecified atom stereocenters. The van der Waals surface area contributed by atoms with Gasteiger partial charge in [0.25, 0.3) is 5.91 Å². The molecule has 0 atom stereocenters. The molecule has 4 aromatic rings. The van der Waals surface area contributed by atoms with Crippen LogP contribution in [0.4, 0.5) is 5.69 Å². The summed E-state index contributed by atoms with van der Waals surface area (Å²) in [6.45, 7) is 7.99. The Bertz CT molecular complexity index is 1190. The smallest absolute Gasteiger partial charge is 0.255 e. The number of aromatic nitrogens is 3. The van der Waals surface area contributed by atoms with Gasteiger partial charge >= 0.3 is 0 Å². The lowest BCUT2D eigenvalue weighted by Gasteiger charge is -2.07. The second-order valence-corrected chi connectivity index (χ2v) is 8.25. The van der Waals surface area contributed by atoms with Crippen molar-refractivity contribution in [3.63, 3.8) is 0 Å². The minimum Gasteiger partial charge on any atom is -0.316 e. The molecule has 0 saturated heterocycles. The van der Waals surface area contributed by atoms with Gasteiger partial charge < -0.3 is 5.32 Å². The van der Waals surface area contributed by atoms with Gasteiger partial charge in [-0.3, -0.25) is 4.79 Å². The molecule has 5 nitrogen and oxygen atoms in total. The van der Waals surface area contributed by atoms with Crippen LogP contribution in [0.2, 0.25) is 0 Å². The van der Waals surface area contributed by atoms with Crippen LogP contribution in [0.3, 0.4) is 0 Å². The highest BCUT2D eigenvalue weighted by atomic mass is 32.2. The van der Waals surface area contributed by atoms with Gasteiger partial charge in [0.2, 0.25) is 0 Å². The topological polar surface area (TPSA) is 59.3 Å². The minimum absolute atomic E-state index is 0.174. The van der Waals surface area contributed by atoms with Crippen LogP contribution in [-0.2, 0) is 0 Å². The number of amides is 1. The van der Waals surface area contributed by atoms with E-state index in [1.807, 2.05) is 51.1 Å². The van der Waals surface area contributed by atoms with Crippen molar-refractivity contribution in [2.75, 3.05) is 5.32 Å². The molecule has 0 saturated carbocycles. The van der Waals surface area contributed by atoms with Gasteiger partial charge in [0.05, 0.1) is 0 Å². The molecule has 0 bridgehead atoms. The molecule has 0 fully saturated rings. The van der Waals surface area contributed by atoms with Crippen LogP contribution in [0.5, 0.6) is 0 Å². The molecule has 0 radical (unpaired) electrons. The Morgan fingerprint density at radius 2 is 1.55 bits per heavy atom. The number of nitrogens with one attached hydrogen (secondary N) is 1. The molecular formula is C23H22N4OS. The molecule has 2 aromatic carbocycles. The molecule has 4 rings (SSSR count). The van der Waals surface area contributed by atoms with Crippen molar-refractivity contribution in [1.82, 2.24) is 14.6 Å². The molecule has 1 amide bonds. The molecule has 1 N–H and O–H groups in total. The van der Waals surface area contributed by atoms with Crippen molar-refractivity contribution in [1.29, 1.82) is 0 Å². The summed E-state index contributed by atoms with van der Waals surface area (Å²) < 4.78 is 1.79. The van der Waals surface area contributed by atoms with E-state index in [2.05, 4.69) is 41.5 Å². The average Bonchev–Trinajstić information content (AvgIpc) is 3.02. The summed E-state index contributed by atoms with van der Waals surface area (Å²) in [5.41, 5.74) is 6.05. The van der Waals surface area contributed by atoms with Gasteiger partial charge in [-0.15, -0.1) is 0 Å². The Morgan fingerprint density at radius 3 is 2.21 bits per heavy atom. The molecule has 0 aliphatic heterocycles. The molecule has 6 heteroatoms. The summed E-state index contributed by atoms with van der Waals surface area (Å²) in [6, 6.07) is 17.7. The predicted molar refractivity (Wildman–Crippen MR) is 117 cm³/mol. The SMILES string of the molecule is Cc1ccc(Sc2nn3c(C)cc(C)nc3c2NC(=O)c2ccc(C)cc2)cc1. The summed E-state index contributed by atoms with van der Waals surface area (Å²) in [5, 5.41) is 8.50. The fourth-order valence-corrected chi connectivity index (χ4v) is 3.95. The molecule has 0 aliphatic carbocycles. The maximum Gasteiger partial charge on any atom is 0.255 e. The monoisotopic (exact) mass is 402 g/mol. The fourth-order valence-electron chi connectivity index (χ4n) is 3.09. The molecule has 2 heterocycles. The van der Waals surface area contributed by atoms with Crippen molar-refractivity contribution < 1.29 is 4.79 Å². The van der Waals surface area contributed by atoms with Crippen LogP contribution in [0.1, 0.15) is 32.9 Å². The van der Waals surface area contributed by atoms with Crippen LogP contribution in [0.25, 0.3) is 5.65 Å². The number of benzene rings is 2. The van der Waals surface area contributed by atoms with E-state index in [4.69, 9.17) is 5.10 Å². The van der Waals surface area contributed by atoms with Gasteiger partial charge in [-0.05, 0) is 58.0 Å². The largest absolute Gasteiger partial charge is 0.316 e. The van der Waals surface area contributed by atoms with E-state index in [1.165, 1.54) is 17.3 Å². The van der Waals surface area contributed by atoms with Gasteiger partial charge in [0.1, 0.15) is 10.7 Å². The predicted octanol–water partition coefficient (Wildman–Crippen LogP) is 5.37. The summed E-state index contributed by atoms with van der Waals surface area (Å²) >= 11 is 1.52. The van der Waals surface area contributed by atoms with E-state index < -0.39 is 0 Å². The van der Waals surface area contributed by atoms with E-state index in [0.717, 1.165) is 26.9 Å². The Labute approximate surface area is 174 Å². The van der Waals surface area contributed by atoms with Crippen LogP contribution in [0.15, 0.2) is 64.5 Å². The zero-order valence-electron chi connectivity index (χ0n) is 16.9. The highest BCUT2D eigenvalue weighted by Crippen LogP contribution is 2.35. The number of anilines is 1. The van der Waals surface area contributed by atoms with Gasteiger partial charge in [0, 0.05) is 21.8 Å². The number of carbonyl (C=O) groups excluding carboxylic acids is 1. The number of hydrogen-bond donors (Lipinski definition) is 1. The standard InChI is InChI=1S/C23H22N4OS/c1-14-5-9-18(10-6-14)22(28)25-20-21-24-16(3)13-17(4)27(21)26-23(20)29-19-11-7-15(2)8-12-19/h5-13H,1-4H3,(H,25,28). The number of aryl methyl sites for hydroxylation is 4. The third-order valence-corrected chi connectivity index (χ3v) is 5.64. The normalized spacial score (nSPS) is 11.0. The quantitative estimate of drug-likeness (QED) is 0.499. The van der Waals surface area contributed by atoms with Crippen molar-refractivity contribution >= 4 is 29.0 Å². The molecular weight excluding hydrogens is 380 g/mol. The number of nitrogens with zero attached hydrogens (tertiary/aromatic N) is 3. The second-order valence-electron chi connectivity index (χ2n) is 7.19. The Kier molecular flexibility index (Phi) is 5.11. The van der Waals surface area contributed by atoms with E-state index in [-0.39, 0.29) is 5.91 Å². The number of carbonyl (C=O) groups is 1. The van der Waals surface area contributed by atoms with Crippen molar-refractivity contribution in [2.24, 2.45) is 0 Å². The zero-order valence-corrected chi connectivity index (χ0v) is 17.7. The highest BCUT2D eigenvalue weighted by molar-refractivity contribution is 7.99. The molecule has 2 aromatic heterocycles. The average molecular weight is 403 g/mol. The van der Waals surface area contributed by atoms with E-state index in [0.29, 0.717) is 16.9 Å². The summed E-state index contributed by atoms with van der Waals surface area (Å²) in [4.78, 5) is 18.6. The Hall–Kier alpha value is -3.12. The first-order chi connectivity index (χ1) is 13.9. The number of fused-ring (bicyclic) bond motifs is 1. The lowest BCUT2D eigenvalue weighted by molar-refractivity contribution is 0.102. The van der Waals surface area contributed by atoms with Crippen LogP contribution in [0, 0.1) is 27.7 Å². The second kappa shape index (κ2) is 7.72. The Morgan fingerprint density at radius 1 is 0.931 bits per heavy atom. The van der Waals surface area contributed by atoms with E-state index >= 15 is 0 Å². The van der Waals surface area contributed by atoms with Gasteiger partial charge in [-0.25, -0.2) is 9.50 Å². The highest BCUT2D eigenvalue weighted by Gasteiger charge is 2.20. The van der Waals surface area contributed by atoms with Crippen LogP contribution < -0.4 is 5.32 Å². The molecule has 146 valence electrons. The summed E-state index contributed by atoms with van der Waals surface area (Å²) in [7, 11) is 0. The maximum absolute atomic E-state index is 12.9. The van der Waals surface area contributed by atoms with Crippen LogP contribution >= 0.6 is 11.8 Å². The number of hydrogen-bond acceptors (Lipinski definition) is 4. The van der Waals surface area contributed by atoms with Gasteiger partial charge in [0.15, 0.2) is 5.65 Å². The Balaban J connectivity index is 1.77. The number of rotatable bonds is 4. The van der Waals surface area contributed by atoms with Crippen molar-refractivity contribution in [3.05, 3.63) is 82.7 Å². The first-order valence-corrected chi connectivity index (χ1v) is 10.2. The third-order valence-electron chi connectivity index (χ3n) is 4.65. The molecule has 29 heavy (non-hydrogen) atoms.